The number of aromatic nitrogens is 2. The van der Waals surface area contributed by atoms with E-state index in [1.807, 2.05) is 0 Å². The molecule has 0 amide bonds. The maximum Gasteiger partial charge on any atom is 0.390 e. The van der Waals surface area contributed by atoms with Gasteiger partial charge in [0.15, 0.2) is 11.5 Å². The van der Waals surface area contributed by atoms with Crippen molar-refractivity contribution in [2.75, 3.05) is 18.5 Å². The van der Waals surface area contributed by atoms with Crippen molar-refractivity contribution in [1.82, 2.24) is 10.2 Å². The van der Waals surface area contributed by atoms with Gasteiger partial charge in [0.05, 0.1) is 6.42 Å². The van der Waals surface area contributed by atoms with E-state index in [1.54, 1.807) is 0 Å². The quantitative estimate of drug-likeness (QED) is 0.877. The van der Waals surface area contributed by atoms with Gasteiger partial charge in [-0.05, 0) is 12.1 Å². The molecule has 0 aliphatic rings. The number of halogens is 3. The van der Waals surface area contributed by atoms with Crippen LogP contribution in [0.4, 0.5) is 19.0 Å². The van der Waals surface area contributed by atoms with E-state index in [1.165, 1.54) is 24.1 Å². The van der Waals surface area contributed by atoms with Crippen LogP contribution in [0.15, 0.2) is 12.1 Å². The van der Waals surface area contributed by atoms with Crippen LogP contribution in [0.5, 0.6) is 0 Å². The van der Waals surface area contributed by atoms with Crippen molar-refractivity contribution in [3.63, 3.8) is 0 Å². The van der Waals surface area contributed by atoms with Crippen LogP contribution in [0.2, 0.25) is 0 Å². The van der Waals surface area contributed by atoms with Gasteiger partial charge in [-0.1, -0.05) is 0 Å². The average molecular weight is 249 g/mol. The van der Waals surface area contributed by atoms with E-state index in [0.717, 1.165) is 0 Å². The summed E-state index contributed by atoms with van der Waals surface area (Å²) in [5.74, 6) is -1.04. The molecule has 0 saturated carbocycles. The first-order chi connectivity index (χ1) is 7.79. The summed E-state index contributed by atoms with van der Waals surface area (Å²) in [6, 6.07) is 2.50. The SMILES string of the molecule is CN(CCC(F)(F)F)c1ccc(C(=O)O)nn1. The molecule has 0 fully saturated rings. The first-order valence-corrected chi connectivity index (χ1v) is 4.64. The number of alkyl halides is 3. The van der Waals surface area contributed by atoms with E-state index in [9.17, 15) is 18.0 Å². The molecule has 0 aliphatic carbocycles. The van der Waals surface area contributed by atoms with Gasteiger partial charge < -0.3 is 10.0 Å². The molecule has 0 aliphatic heterocycles. The zero-order chi connectivity index (χ0) is 13.1. The summed E-state index contributed by atoms with van der Waals surface area (Å²) < 4.78 is 35.9. The maximum atomic E-state index is 12.0. The van der Waals surface area contributed by atoms with Crippen LogP contribution in [0, 0.1) is 0 Å². The highest BCUT2D eigenvalue weighted by atomic mass is 19.4. The molecule has 0 atom stereocenters. The summed E-state index contributed by atoms with van der Waals surface area (Å²) in [5.41, 5.74) is -0.252. The molecule has 0 radical (unpaired) electrons. The highest BCUT2D eigenvalue weighted by Crippen LogP contribution is 2.20. The molecule has 17 heavy (non-hydrogen) atoms. The molecule has 1 heterocycles. The fourth-order valence-corrected chi connectivity index (χ4v) is 1.05. The molecular formula is C9H10F3N3O2. The lowest BCUT2D eigenvalue weighted by molar-refractivity contribution is -0.132. The molecule has 8 heteroatoms. The minimum absolute atomic E-state index is 0.194. The summed E-state index contributed by atoms with van der Waals surface area (Å²) in [7, 11) is 1.43. The molecule has 94 valence electrons. The Kier molecular flexibility index (Phi) is 3.87. The van der Waals surface area contributed by atoms with Crippen molar-refractivity contribution in [3.8, 4) is 0 Å². The Morgan fingerprint density at radius 1 is 1.41 bits per heavy atom. The Balaban J connectivity index is 2.63. The number of anilines is 1. The number of carbonyl (C=O) groups is 1. The van der Waals surface area contributed by atoms with E-state index >= 15 is 0 Å². The molecule has 1 rings (SSSR count). The largest absolute Gasteiger partial charge is 0.476 e. The van der Waals surface area contributed by atoms with Gasteiger partial charge in [-0.3, -0.25) is 0 Å². The predicted molar refractivity (Wildman–Crippen MR) is 52.9 cm³/mol. The second-order valence-corrected chi connectivity index (χ2v) is 3.37. The van der Waals surface area contributed by atoms with Crippen LogP contribution in [-0.4, -0.2) is 41.0 Å². The number of nitrogens with zero attached hydrogens (tertiary/aromatic N) is 3. The second-order valence-electron chi connectivity index (χ2n) is 3.37. The van der Waals surface area contributed by atoms with Crippen LogP contribution < -0.4 is 4.90 Å². The third-order valence-corrected chi connectivity index (χ3v) is 1.99. The van der Waals surface area contributed by atoms with Gasteiger partial charge in [-0.15, -0.1) is 10.2 Å². The Hall–Kier alpha value is -1.86. The topological polar surface area (TPSA) is 66.3 Å². The van der Waals surface area contributed by atoms with E-state index < -0.39 is 18.6 Å². The lowest BCUT2D eigenvalue weighted by atomic mass is 10.3. The highest BCUT2D eigenvalue weighted by molar-refractivity contribution is 5.85. The minimum atomic E-state index is -4.23. The minimum Gasteiger partial charge on any atom is -0.476 e. The Bertz CT molecular complexity index is 391. The summed E-state index contributed by atoms with van der Waals surface area (Å²) in [6.07, 6.45) is -5.20. The smallest absolute Gasteiger partial charge is 0.390 e. The first-order valence-electron chi connectivity index (χ1n) is 4.64. The Morgan fingerprint density at radius 2 is 2.06 bits per heavy atom. The van der Waals surface area contributed by atoms with E-state index in [4.69, 9.17) is 5.11 Å². The summed E-state index contributed by atoms with van der Waals surface area (Å²) >= 11 is 0. The molecule has 0 saturated heterocycles. The highest BCUT2D eigenvalue weighted by Gasteiger charge is 2.27. The summed E-state index contributed by atoms with van der Waals surface area (Å²) in [4.78, 5) is 11.7. The molecule has 1 aromatic rings. The molecule has 1 aromatic heterocycles. The maximum absolute atomic E-state index is 12.0. The van der Waals surface area contributed by atoms with Gasteiger partial charge in [0, 0.05) is 13.6 Å². The van der Waals surface area contributed by atoms with Gasteiger partial charge in [-0.2, -0.15) is 13.2 Å². The lowest BCUT2D eigenvalue weighted by Crippen LogP contribution is -2.25. The summed E-state index contributed by atoms with van der Waals surface area (Å²) in [5, 5.41) is 15.5. The monoisotopic (exact) mass is 249 g/mol. The molecule has 0 unspecified atom stereocenters. The molecule has 0 spiro atoms. The number of carboxylic acid groups (broad SMARTS) is 1. The van der Waals surface area contributed by atoms with Gasteiger partial charge >= 0.3 is 12.1 Å². The van der Waals surface area contributed by atoms with Gasteiger partial charge in [0.2, 0.25) is 0 Å². The summed E-state index contributed by atoms with van der Waals surface area (Å²) in [6.45, 7) is -0.259. The molecule has 5 nitrogen and oxygen atoms in total. The van der Waals surface area contributed by atoms with Crippen molar-refractivity contribution in [3.05, 3.63) is 17.8 Å². The van der Waals surface area contributed by atoms with E-state index in [2.05, 4.69) is 10.2 Å². The average Bonchev–Trinajstić information content (AvgIpc) is 2.25. The van der Waals surface area contributed by atoms with Crippen molar-refractivity contribution >= 4 is 11.8 Å². The predicted octanol–water partition coefficient (Wildman–Crippen LogP) is 1.56. The first kappa shape index (κ1) is 13.2. The number of carboxylic acids is 1. The normalized spacial score (nSPS) is 11.3. The van der Waals surface area contributed by atoms with Gasteiger partial charge in [0.25, 0.3) is 0 Å². The van der Waals surface area contributed by atoms with Crippen LogP contribution in [-0.2, 0) is 0 Å². The number of aromatic carboxylic acids is 1. The fraction of sp³-hybridized carbons (Fsp3) is 0.444. The third kappa shape index (κ3) is 4.25. The van der Waals surface area contributed by atoms with Crippen LogP contribution in [0.3, 0.4) is 0 Å². The second kappa shape index (κ2) is 4.98. The zero-order valence-corrected chi connectivity index (χ0v) is 8.90. The lowest BCUT2D eigenvalue weighted by Gasteiger charge is -2.18. The fourth-order valence-electron chi connectivity index (χ4n) is 1.05. The number of hydrogen-bond donors (Lipinski definition) is 1. The number of rotatable bonds is 4. The Labute approximate surface area is 94.9 Å². The molecule has 1 N–H and O–H groups in total. The van der Waals surface area contributed by atoms with Crippen LogP contribution in [0.25, 0.3) is 0 Å². The zero-order valence-electron chi connectivity index (χ0n) is 8.90. The van der Waals surface area contributed by atoms with Crippen LogP contribution >= 0.6 is 0 Å². The van der Waals surface area contributed by atoms with E-state index in [0.29, 0.717) is 0 Å². The third-order valence-electron chi connectivity index (χ3n) is 1.99. The van der Waals surface area contributed by atoms with Crippen molar-refractivity contribution < 1.29 is 23.1 Å². The molecule has 0 bridgehead atoms. The van der Waals surface area contributed by atoms with E-state index in [-0.39, 0.29) is 18.1 Å². The van der Waals surface area contributed by atoms with Gasteiger partial charge in [0.1, 0.15) is 0 Å². The molecular weight excluding hydrogens is 239 g/mol. The van der Waals surface area contributed by atoms with Gasteiger partial charge in [-0.25, -0.2) is 4.79 Å². The Morgan fingerprint density at radius 3 is 2.47 bits per heavy atom. The number of hydrogen-bond acceptors (Lipinski definition) is 4. The van der Waals surface area contributed by atoms with Crippen LogP contribution in [0.1, 0.15) is 16.9 Å². The van der Waals surface area contributed by atoms with Crippen molar-refractivity contribution in [1.29, 1.82) is 0 Å². The van der Waals surface area contributed by atoms with Crippen molar-refractivity contribution in [2.45, 2.75) is 12.6 Å². The van der Waals surface area contributed by atoms with Crippen molar-refractivity contribution in [2.24, 2.45) is 0 Å². The standard InChI is InChI=1S/C9H10F3N3O2/c1-15(5-4-9(10,11)12)7-3-2-6(8(16)17)13-14-7/h2-3H,4-5H2,1H3,(H,16,17). The molecule has 0 aromatic carbocycles.